The predicted octanol–water partition coefficient (Wildman–Crippen LogP) is 3.81. The molecule has 3 rings (SSSR count). The summed E-state index contributed by atoms with van der Waals surface area (Å²) >= 11 is 1.66. The first kappa shape index (κ1) is 11.2. The van der Waals surface area contributed by atoms with Crippen molar-refractivity contribution in [3.63, 3.8) is 0 Å². The lowest BCUT2D eigenvalue weighted by atomic mass is 9.90. The fourth-order valence-electron chi connectivity index (χ4n) is 2.26. The molecule has 18 heavy (non-hydrogen) atoms. The topological polar surface area (TPSA) is 41.1 Å². The van der Waals surface area contributed by atoms with Crippen molar-refractivity contribution in [1.29, 1.82) is 5.26 Å². The monoisotopic (exact) mass is 255 g/mol. The van der Waals surface area contributed by atoms with Crippen LogP contribution in [-0.4, -0.2) is 9.38 Å². The zero-order chi connectivity index (χ0) is 12.7. The Kier molecular flexibility index (Phi) is 2.57. The van der Waals surface area contributed by atoms with Gasteiger partial charge in [0.1, 0.15) is 0 Å². The van der Waals surface area contributed by atoms with Crippen molar-refractivity contribution in [3.05, 3.63) is 36.2 Å². The summed E-state index contributed by atoms with van der Waals surface area (Å²) in [6.45, 7) is 4.17. The third kappa shape index (κ3) is 1.59. The molecule has 0 saturated heterocycles. The molecule has 0 spiro atoms. The summed E-state index contributed by atoms with van der Waals surface area (Å²) in [6.07, 6.45) is 3.78. The maximum atomic E-state index is 9.26. The average molecular weight is 255 g/mol. The van der Waals surface area contributed by atoms with E-state index >= 15 is 0 Å². The quantitative estimate of drug-likeness (QED) is 0.698. The minimum absolute atomic E-state index is 0.0381. The second-order valence-corrected chi connectivity index (χ2v) is 5.77. The molecule has 4 heteroatoms. The largest absolute Gasteiger partial charge is 0.290 e. The molecule has 0 aliphatic heterocycles. The average Bonchev–Trinajstić information content (AvgIpc) is 2.88. The molecule has 0 N–H and O–H groups in total. The van der Waals surface area contributed by atoms with Gasteiger partial charge in [0.15, 0.2) is 4.96 Å². The number of rotatable bonds is 2. The Morgan fingerprint density at radius 2 is 2.22 bits per heavy atom. The lowest BCUT2D eigenvalue weighted by molar-refractivity contribution is 0.588. The third-order valence-electron chi connectivity index (χ3n) is 3.22. The minimum Gasteiger partial charge on any atom is -0.290 e. The van der Waals surface area contributed by atoms with E-state index in [1.165, 1.54) is 4.70 Å². The van der Waals surface area contributed by atoms with Crippen LogP contribution in [0.15, 0.2) is 30.6 Å². The van der Waals surface area contributed by atoms with E-state index in [9.17, 15) is 5.26 Å². The van der Waals surface area contributed by atoms with Crippen molar-refractivity contribution < 1.29 is 0 Å². The van der Waals surface area contributed by atoms with E-state index < -0.39 is 0 Å². The molecule has 0 fully saturated rings. The van der Waals surface area contributed by atoms with E-state index in [2.05, 4.69) is 47.5 Å². The molecule has 2 heterocycles. The first-order valence-corrected chi connectivity index (χ1v) is 6.77. The molecule has 90 valence electrons. The van der Waals surface area contributed by atoms with Gasteiger partial charge in [0.05, 0.1) is 22.2 Å². The van der Waals surface area contributed by atoms with Crippen LogP contribution in [0.3, 0.4) is 0 Å². The predicted molar refractivity (Wildman–Crippen MR) is 73.8 cm³/mol. The number of aromatic nitrogens is 2. The number of benzene rings is 1. The van der Waals surface area contributed by atoms with Crippen LogP contribution in [0.2, 0.25) is 0 Å². The van der Waals surface area contributed by atoms with Gasteiger partial charge in [-0.25, -0.2) is 4.98 Å². The molecule has 1 aromatic carbocycles. The van der Waals surface area contributed by atoms with Crippen LogP contribution >= 0.6 is 11.3 Å². The van der Waals surface area contributed by atoms with E-state index in [1.807, 2.05) is 12.4 Å². The Bertz CT molecular complexity index is 745. The van der Waals surface area contributed by atoms with Gasteiger partial charge in [-0.1, -0.05) is 31.3 Å². The van der Waals surface area contributed by atoms with Crippen LogP contribution in [0.25, 0.3) is 15.2 Å². The molecule has 0 bridgehead atoms. The highest BCUT2D eigenvalue weighted by molar-refractivity contribution is 7.23. The second-order valence-electron chi connectivity index (χ2n) is 4.76. The Balaban J connectivity index is 2.19. The van der Waals surface area contributed by atoms with Crippen molar-refractivity contribution >= 4 is 26.5 Å². The molecule has 0 aliphatic carbocycles. The van der Waals surface area contributed by atoms with Crippen molar-refractivity contribution in [2.75, 3.05) is 0 Å². The van der Waals surface area contributed by atoms with E-state index in [0.717, 1.165) is 16.0 Å². The smallest absolute Gasteiger partial charge is 0.194 e. The number of hydrogen-bond donors (Lipinski definition) is 0. The van der Waals surface area contributed by atoms with Gasteiger partial charge in [-0.05, 0) is 23.6 Å². The maximum Gasteiger partial charge on any atom is 0.194 e. The van der Waals surface area contributed by atoms with E-state index in [4.69, 9.17) is 0 Å². The molecular formula is C14H13N3S. The fourth-order valence-corrected chi connectivity index (χ4v) is 3.29. The minimum atomic E-state index is -0.0381. The highest BCUT2D eigenvalue weighted by atomic mass is 32.1. The maximum absolute atomic E-state index is 9.26. The van der Waals surface area contributed by atoms with Crippen LogP contribution in [-0.2, 0) is 0 Å². The molecule has 3 nitrogen and oxygen atoms in total. The Hall–Kier alpha value is -1.86. The molecule has 0 aliphatic rings. The lowest BCUT2D eigenvalue weighted by Gasteiger charge is -2.12. The number of fused-ring (bicyclic) bond motifs is 3. The summed E-state index contributed by atoms with van der Waals surface area (Å²) in [5.41, 5.74) is 2.26. The first-order valence-electron chi connectivity index (χ1n) is 5.96. The van der Waals surface area contributed by atoms with E-state index in [1.54, 1.807) is 11.3 Å². The number of thiazole rings is 1. The summed E-state index contributed by atoms with van der Waals surface area (Å²) in [5, 5.41) is 9.26. The number of hydrogen-bond acceptors (Lipinski definition) is 3. The molecule has 2 aromatic heterocycles. The Morgan fingerprint density at radius 1 is 1.39 bits per heavy atom. The van der Waals surface area contributed by atoms with Crippen molar-refractivity contribution in [3.8, 4) is 6.07 Å². The third-order valence-corrected chi connectivity index (χ3v) is 4.25. The normalized spacial score (nSPS) is 13.2. The number of nitriles is 1. The highest BCUT2D eigenvalue weighted by Gasteiger charge is 2.16. The molecule has 0 radical (unpaired) electrons. The number of imidazole rings is 1. The van der Waals surface area contributed by atoms with Crippen LogP contribution in [0.5, 0.6) is 0 Å². The molecule has 0 saturated carbocycles. The van der Waals surface area contributed by atoms with Crippen molar-refractivity contribution in [1.82, 2.24) is 9.38 Å². The van der Waals surface area contributed by atoms with Crippen LogP contribution in [0.4, 0.5) is 0 Å². The van der Waals surface area contributed by atoms with Gasteiger partial charge < -0.3 is 0 Å². The molecule has 1 atom stereocenters. The fraction of sp³-hybridized carbons (Fsp3) is 0.286. The van der Waals surface area contributed by atoms with Crippen LogP contribution in [0, 0.1) is 17.2 Å². The molecule has 0 amide bonds. The molecule has 1 unspecified atom stereocenters. The van der Waals surface area contributed by atoms with Crippen molar-refractivity contribution in [2.45, 2.75) is 19.8 Å². The molecular weight excluding hydrogens is 242 g/mol. The molecule has 3 aromatic rings. The zero-order valence-corrected chi connectivity index (χ0v) is 11.1. The van der Waals surface area contributed by atoms with Crippen molar-refractivity contribution in [2.24, 2.45) is 5.92 Å². The summed E-state index contributed by atoms with van der Waals surface area (Å²) in [7, 11) is 0. The highest BCUT2D eigenvalue weighted by Crippen LogP contribution is 2.31. The van der Waals surface area contributed by atoms with Gasteiger partial charge in [0.25, 0.3) is 0 Å². The van der Waals surface area contributed by atoms with Crippen LogP contribution < -0.4 is 0 Å². The first-order chi connectivity index (χ1) is 8.70. The SMILES string of the molecule is CC(C)C(C#N)c1ccc2c(c1)sc1nccn12. The standard InChI is InChI=1S/C14H13N3S/c1-9(2)11(8-15)10-3-4-12-13(7-10)18-14-16-5-6-17(12)14/h3-7,9,11H,1-2H3. The number of nitrogens with zero attached hydrogens (tertiary/aromatic N) is 3. The van der Waals surface area contributed by atoms with Gasteiger partial charge in [-0.3, -0.25) is 4.40 Å². The summed E-state index contributed by atoms with van der Waals surface area (Å²) in [5.74, 6) is 0.292. The second kappa shape index (κ2) is 4.11. The van der Waals surface area contributed by atoms with E-state index in [-0.39, 0.29) is 5.92 Å². The van der Waals surface area contributed by atoms with Gasteiger partial charge in [0, 0.05) is 12.4 Å². The van der Waals surface area contributed by atoms with Gasteiger partial charge in [-0.2, -0.15) is 5.26 Å². The van der Waals surface area contributed by atoms with Crippen LogP contribution in [0.1, 0.15) is 25.3 Å². The summed E-state index contributed by atoms with van der Waals surface area (Å²) in [4.78, 5) is 5.30. The van der Waals surface area contributed by atoms with Gasteiger partial charge >= 0.3 is 0 Å². The summed E-state index contributed by atoms with van der Waals surface area (Å²) in [6, 6.07) is 8.66. The van der Waals surface area contributed by atoms with Gasteiger partial charge in [-0.15, -0.1) is 0 Å². The zero-order valence-electron chi connectivity index (χ0n) is 10.3. The summed E-state index contributed by atoms with van der Waals surface area (Å²) < 4.78 is 3.28. The van der Waals surface area contributed by atoms with E-state index in [0.29, 0.717) is 5.92 Å². The lowest BCUT2D eigenvalue weighted by Crippen LogP contribution is -2.03. The van der Waals surface area contributed by atoms with Gasteiger partial charge in [0.2, 0.25) is 0 Å². The Morgan fingerprint density at radius 3 is 2.94 bits per heavy atom. The Labute approximate surface area is 109 Å².